The molecule has 0 fully saturated rings. The van der Waals surface area contributed by atoms with Crippen molar-refractivity contribution in [3.05, 3.63) is 59.8 Å². The fraction of sp³-hybridized carbons (Fsp3) is 0.304. The highest BCUT2D eigenvalue weighted by atomic mass is 16.5. The highest BCUT2D eigenvalue weighted by molar-refractivity contribution is 6.36. The van der Waals surface area contributed by atoms with Gasteiger partial charge in [0.2, 0.25) is 0 Å². The number of ether oxygens (including phenoxy) is 2. The molecule has 2 aromatic rings. The first-order valence-electron chi connectivity index (χ1n) is 9.69. The Balaban J connectivity index is 2.00. The summed E-state index contributed by atoms with van der Waals surface area (Å²) in [7, 11) is 1.60. The minimum atomic E-state index is -0.316. The third-order valence-corrected chi connectivity index (χ3v) is 4.53. The molecule has 6 nitrogen and oxygen atoms in total. The van der Waals surface area contributed by atoms with E-state index in [0.29, 0.717) is 35.7 Å². The van der Waals surface area contributed by atoms with Gasteiger partial charge in [-0.05, 0) is 54.8 Å². The molecule has 0 bridgehead atoms. The number of hydrogen-bond donors (Lipinski definition) is 1. The summed E-state index contributed by atoms with van der Waals surface area (Å²) >= 11 is 0. The van der Waals surface area contributed by atoms with Crippen molar-refractivity contribution >= 4 is 23.1 Å². The Morgan fingerprint density at radius 3 is 2.10 bits per heavy atom. The minimum absolute atomic E-state index is 0.171. The Labute approximate surface area is 171 Å². The van der Waals surface area contributed by atoms with E-state index in [4.69, 9.17) is 9.47 Å². The first kappa shape index (κ1) is 20.5. The monoisotopic (exact) mass is 394 g/mol. The van der Waals surface area contributed by atoms with Gasteiger partial charge in [0.05, 0.1) is 19.3 Å². The number of nitrogens with one attached hydrogen (secondary N) is 1. The van der Waals surface area contributed by atoms with Gasteiger partial charge in [-0.3, -0.25) is 14.5 Å². The summed E-state index contributed by atoms with van der Waals surface area (Å²) in [6, 6.07) is 14.4. The summed E-state index contributed by atoms with van der Waals surface area (Å²) in [6.45, 7) is 6.80. The van der Waals surface area contributed by atoms with Crippen molar-refractivity contribution in [2.75, 3.05) is 25.6 Å². The molecule has 1 heterocycles. The maximum Gasteiger partial charge on any atom is 0.278 e. The van der Waals surface area contributed by atoms with E-state index in [1.165, 1.54) is 4.90 Å². The van der Waals surface area contributed by atoms with Gasteiger partial charge in [-0.15, -0.1) is 0 Å². The second kappa shape index (κ2) is 8.82. The van der Waals surface area contributed by atoms with Crippen LogP contribution < -0.4 is 14.8 Å². The van der Waals surface area contributed by atoms with Crippen LogP contribution in [0.5, 0.6) is 11.5 Å². The van der Waals surface area contributed by atoms with Crippen molar-refractivity contribution in [3.8, 4) is 11.5 Å². The largest absolute Gasteiger partial charge is 0.497 e. The Morgan fingerprint density at radius 1 is 0.931 bits per heavy atom. The molecule has 0 radical (unpaired) electrons. The average molecular weight is 394 g/mol. The number of hydrogen-bond acceptors (Lipinski definition) is 5. The lowest BCUT2D eigenvalue weighted by molar-refractivity contribution is -0.137. The van der Waals surface area contributed by atoms with Crippen molar-refractivity contribution in [1.29, 1.82) is 0 Å². The molecule has 0 atom stereocenters. The number of anilines is 1. The summed E-state index contributed by atoms with van der Waals surface area (Å²) in [5.41, 5.74) is 2.03. The van der Waals surface area contributed by atoms with Crippen LogP contribution in [0, 0.1) is 5.92 Å². The van der Waals surface area contributed by atoms with Crippen molar-refractivity contribution in [1.82, 2.24) is 4.90 Å². The molecule has 3 rings (SSSR count). The second-order valence-electron chi connectivity index (χ2n) is 7.18. The summed E-state index contributed by atoms with van der Waals surface area (Å²) in [5, 5.41) is 3.14. The van der Waals surface area contributed by atoms with Crippen molar-refractivity contribution in [2.24, 2.45) is 5.92 Å². The first-order chi connectivity index (χ1) is 13.9. The standard InChI is InChI=1S/C23H26N2O4/c1-5-29-19-10-6-16(7-11-19)20-21(23(27)25(22(20)26)14-15(2)3)24-17-8-12-18(28-4)13-9-17/h6-13,15,24H,5,14H2,1-4H3. The molecular weight excluding hydrogens is 368 g/mol. The summed E-state index contributed by atoms with van der Waals surface area (Å²) in [6.07, 6.45) is 0. The van der Waals surface area contributed by atoms with E-state index in [2.05, 4.69) is 5.32 Å². The first-order valence-corrected chi connectivity index (χ1v) is 9.69. The lowest BCUT2D eigenvalue weighted by atomic mass is 10.0. The van der Waals surface area contributed by atoms with Crippen LogP contribution in [0.1, 0.15) is 26.3 Å². The highest BCUT2D eigenvalue weighted by Crippen LogP contribution is 2.32. The molecule has 29 heavy (non-hydrogen) atoms. The van der Waals surface area contributed by atoms with Crippen molar-refractivity contribution in [2.45, 2.75) is 20.8 Å². The molecule has 0 spiro atoms. The molecule has 1 N–H and O–H groups in total. The number of nitrogens with zero attached hydrogens (tertiary/aromatic N) is 1. The van der Waals surface area contributed by atoms with Crippen LogP contribution in [0.4, 0.5) is 5.69 Å². The van der Waals surface area contributed by atoms with Crippen LogP contribution in [-0.4, -0.2) is 37.0 Å². The van der Waals surface area contributed by atoms with Crippen molar-refractivity contribution < 1.29 is 19.1 Å². The minimum Gasteiger partial charge on any atom is -0.497 e. The van der Waals surface area contributed by atoms with E-state index in [1.54, 1.807) is 43.5 Å². The molecule has 0 aromatic heterocycles. The van der Waals surface area contributed by atoms with Gasteiger partial charge in [0.15, 0.2) is 0 Å². The Bertz CT molecular complexity index is 915. The molecule has 6 heteroatoms. The SMILES string of the molecule is CCOc1ccc(C2=C(Nc3ccc(OC)cc3)C(=O)N(CC(C)C)C2=O)cc1. The second-order valence-corrected chi connectivity index (χ2v) is 7.18. The Morgan fingerprint density at radius 2 is 1.55 bits per heavy atom. The van der Waals surface area contributed by atoms with Gasteiger partial charge in [-0.2, -0.15) is 0 Å². The molecule has 2 aromatic carbocycles. The zero-order chi connectivity index (χ0) is 21.0. The molecule has 0 unspecified atom stereocenters. The van der Waals surface area contributed by atoms with Crippen LogP contribution in [-0.2, 0) is 9.59 Å². The van der Waals surface area contributed by atoms with E-state index in [-0.39, 0.29) is 23.4 Å². The predicted octanol–water partition coefficient (Wildman–Crippen LogP) is 3.94. The zero-order valence-electron chi connectivity index (χ0n) is 17.2. The summed E-state index contributed by atoms with van der Waals surface area (Å²) in [5.74, 6) is 1.00. The maximum atomic E-state index is 13.1. The van der Waals surface area contributed by atoms with E-state index < -0.39 is 0 Å². The third kappa shape index (κ3) is 4.42. The maximum absolute atomic E-state index is 13.1. The average Bonchev–Trinajstić information content (AvgIpc) is 2.93. The van der Waals surface area contributed by atoms with Crippen LogP contribution in [0.3, 0.4) is 0 Å². The molecule has 2 amide bonds. The number of benzene rings is 2. The number of imide groups is 1. The van der Waals surface area contributed by atoms with E-state index >= 15 is 0 Å². The number of methoxy groups -OCH3 is 1. The fourth-order valence-corrected chi connectivity index (χ4v) is 3.19. The Hall–Kier alpha value is -3.28. The van der Waals surface area contributed by atoms with Gasteiger partial charge in [-0.25, -0.2) is 0 Å². The molecule has 1 aliphatic rings. The fourth-order valence-electron chi connectivity index (χ4n) is 3.19. The number of carbonyl (C=O) groups is 2. The van der Waals surface area contributed by atoms with Crippen LogP contribution in [0.2, 0.25) is 0 Å². The Kier molecular flexibility index (Phi) is 6.22. The van der Waals surface area contributed by atoms with Gasteiger partial charge in [0.1, 0.15) is 17.2 Å². The van der Waals surface area contributed by atoms with Crippen LogP contribution >= 0.6 is 0 Å². The molecular formula is C23H26N2O4. The van der Waals surface area contributed by atoms with Gasteiger partial charge in [0, 0.05) is 12.2 Å². The lowest BCUT2D eigenvalue weighted by Crippen LogP contribution is -2.35. The van der Waals surface area contributed by atoms with Gasteiger partial charge >= 0.3 is 0 Å². The summed E-state index contributed by atoms with van der Waals surface area (Å²) < 4.78 is 10.7. The topological polar surface area (TPSA) is 67.9 Å². The number of carbonyl (C=O) groups excluding carboxylic acids is 2. The summed E-state index contributed by atoms with van der Waals surface area (Å²) in [4.78, 5) is 27.5. The van der Waals surface area contributed by atoms with E-state index in [0.717, 1.165) is 5.75 Å². The quantitative estimate of drug-likeness (QED) is 0.687. The van der Waals surface area contributed by atoms with Gasteiger partial charge < -0.3 is 14.8 Å². The molecule has 0 aliphatic carbocycles. The van der Waals surface area contributed by atoms with E-state index in [9.17, 15) is 9.59 Å². The normalized spacial score (nSPS) is 14.0. The van der Waals surface area contributed by atoms with E-state index in [1.807, 2.05) is 32.9 Å². The molecule has 0 saturated carbocycles. The zero-order valence-corrected chi connectivity index (χ0v) is 17.2. The number of rotatable bonds is 8. The highest BCUT2D eigenvalue weighted by Gasteiger charge is 2.39. The van der Waals surface area contributed by atoms with Crippen LogP contribution in [0.15, 0.2) is 54.2 Å². The predicted molar refractivity (Wildman–Crippen MR) is 113 cm³/mol. The van der Waals surface area contributed by atoms with Gasteiger partial charge in [0.25, 0.3) is 11.8 Å². The smallest absolute Gasteiger partial charge is 0.278 e. The van der Waals surface area contributed by atoms with Crippen molar-refractivity contribution in [3.63, 3.8) is 0 Å². The molecule has 1 aliphatic heterocycles. The number of amides is 2. The van der Waals surface area contributed by atoms with Gasteiger partial charge in [-0.1, -0.05) is 26.0 Å². The molecule has 152 valence electrons. The lowest BCUT2D eigenvalue weighted by Gasteiger charge is -2.17. The third-order valence-electron chi connectivity index (χ3n) is 4.53. The molecule has 0 saturated heterocycles. The van der Waals surface area contributed by atoms with Crippen LogP contribution in [0.25, 0.3) is 5.57 Å².